The Hall–Kier alpha value is -2.26. The van der Waals surface area contributed by atoms with Crippen LogP contribution in [-0.4, -0.2) is 22.2 Å². The van der Waals surface area contributed by atoms with Crippen LogP contribution in [-0.2, 0) is 6.18 Å². The van der Waals surface area contributed by atoms with Crippen LogP contribution in [0.1, 0.15) is 26.3 Å². The van der Waals surface area contributed by atoms with Crippen molar-refractivity contribution >= 4 is 11.9 Å². The second-order valence-corrected chi connectivity index (χ2v) is 3.18. The second-order valence-electron chi connectivity index (χ2n) is 3.18. The molecule has 0 aromatic heterocycles. The average molecular weight is 288 g/mol. The normalized spacial score (nSPS) is 11.5. The molecule has 0 radical (unpaired) electrons. The van der Waals surface area contributed by atoms with Crippen molar-refractivity contribution in [3.63, 3.8) is 0 Å². The summed E-state index contributed by atoms with van der Waals surface area (Å²) < 4.78 is 76.7. The fourth-order valence-electron chi connectivity index (χ4n) is 1.32. The van der Waals surface area contributed by atoms with E-state index < -0.39 is 52.3 Å². The van der Waals surface area contributed by atoms with Gasteiger partial charge in [0.1, 0.15) is 16.7 Å². The van der Waals surface area contributed by atoms with E-state index in [0.717, 1.165) is 0 Å². The smallest absolute Gasteiger partial charge is 0.420 e. The lowest BCUT2D eigenvalue weighted by atomic mass is 10.0. The Morgan fingerprint density at radius 2 is 1.21 bits per heavy atom. The first-order chi connectivity index (χ1) is 8.50. The van der Waals surface area contributed by atoms with E-state index in [0.29, 0.717) is 0 Å². The van der Waals surface area contributed by atoms with Crippen LogP contribution in [0.4, 0.5) is 26.3 Å². The third-order valence-electron chi connectivity index (χ3n) is 2.03. The summed E-state index contributed by atoms with van der Waals surface area (Å²) in [6.45, 7) is 0. The van der Waals surface area contributed by atoms with Gasteiger partial charge in [0.25, 0.3) is 0 Å². The first-order valence-corrected chi connectivity index (χ1v) is 4.24. The summed E-state index contributed by atoms with van der Waals surface area (Å²) in [5.74, 6) is -12.9. The Labute approximate surface area is 99.4 Å². The van der Waals surface area contributed by atoms with Crippen molar-refractivity contribution in [1.82, 2.24) is 0 Å². The van der Waals surface area contributed by atoms with Crippen molar-refractivity contribution in [2.75, 3.05) is 0 Å². The topological polar surface area (TPSA) is 74.6 Å². The summed E-state index contributed by atoms with van der Waals surface area (Å²) in [4.78, 5) is 20.9. The van der Waals surface area contributed by atoms with Crippen molar-refractivity contribution in [2.45, 2.75) is 6.18 Å². The van der Waals surface area contributed by atoms with Crippen molar-refractivity contribution in [3.8, 4) is 0 Å². The maximum Gasteiger partial charge on any atom is 0.420 e. The van der Waals surface area contributed by atoms with Crippen LogP contribution in [0.3, 0.4) is 0 Å². The summed E-state index contributed by atoms with van der Waals surface area (Å²) in [7, 11) is 0. The number of hydrogen-bond acceptors (Lipinski definition) is 2. The highest BCUT2D eigenvalue weighted by Crippen LogP contribution is 2.37. The van der Waals surface area contributed by atoms with Gasteiger partial charge in [-0.3, -0.25) is 0 Å². The third kappa shape index (κ3) is 2.33. The molecule has 10 heteroatoms. The molecule has 1 rings (SSSR count). The summed E-state index contributed by atoms with van der Waals surface area (Å²) in [6, 6.07) is 0. The largest absolute Gasteiger partial charge is 0.478 e. The van der Waals surface area contributed by atoms with Crippen LogP contribution in [0.25, 0.3) is 0 Å². The molecule has 0 atom stereocenters. The predicted molar refractivity (Wildman–Crippen MR) is 45.2 cm³/mol. The van der Waals surface area contributed by atoms with E-state index in [1.54, 1.807) is 0 Å². The van der Waals surface area contributed by atoms with Gasteiger partial charge in [-0.15, -0.1) is 0 Å². The highest BCUT2D eigenvalue weighted by molar-refractivity contribution is 5.96. The molecule has 0 saturated carbocycles. The molecule has 0 amide bonds. The minimum atomic E-state index is -5.71. The van der Waals surface area contributed by atoms with E-state index in [9.17, 15) is 35.9 Å². The zero-order valence-corrected chi connectivity index (χ0v) is 8.48. The van der Waals surface area contributed by atoms with E-state index in [1.807, 2.05) is 0 Å². The monoisotopic (exact) mass is 288 g/mol. The van der Waals surface area contributed by atoms with Gasteiger partial charge in [0.2, 0.25) is 0 Å². The molecular weight excluding hydrogens is 286 g/mol. The molecule has 0 spiro atoms. The van der Waals surface area contributed by atoms with Crippen LogP contribution in [0.15, 0.2) is 0 Å². The van der Waals surface area contributed by atoms with Crippen LogP contribution >= 0.6 is 0 Å². The number of alkyl halides is 3. The van der Waals surface area contributed by atoms with Crippen LogP contribution in [0, 0.1) is 17.5 Å². The predicted octanol–water partition coefficient (Wildman–Crippen LogP) is 2.52. The van der Waals surface area contributed by atoms with Crippen molar-refractivity contribution in [1.29, 1.82) is 0 Å². The Kier molecular flexibility index (Phi) is 3.46. The molecule has 0 fully saturated rings. The number of rotatable bonds is 2. The van der Waals surface area contributed by atoms with E-state index >= 15 is 0 Å². The Bertz CT molecular complexity index is 577. The van der Waals surface area contributed by atoms with Gasteiger partial charge in [-0.25, -0.2) is 22.8 Å². The fourth-order valence-corrected chi connectivity index (χ4v) is 1.32. The average Bonchev–Trinajstić information content (AvgIpc) is 2.20. The molecule has 0 saturated heterocycles. The summed E-state index contributed by atoms with van der Waals surface area (Å²) >= 11 is 0. The molecule has 0 heterocycles. The zero-order chi connectivity index (χ0) is 15.1. The highest BCUT2D eigenvalue weighted by atomic mass is 19.4. The Morgan fingerprint density at radius 1 is 0.789 bits per heavy atom. The van der Waals surface area contributed by atoms with Gasteiger partial charge in [-0.2, -0.15) is 13.2 Å². The lowest BCUT2D eigenvalue weighted by Crippen LogP contribution is -2.22. The van der Waals surface area contributed by atoms with Gasteiger partial charge in [-0.05, 0) is 0 Å². The molecule has 104 valence electrons. The fraction of sp³-hybridized carbons (Fsp3) is 0.111. The van der Waals surface area contributed by atoms with Gasteiger partial charge in [0.15, 0.2) is 17.5 Å². The van der Waals surface area contributed by atoms with Crippen molar-refractivity contribution < 1.29 is 46.1 Å². The van der Waals surface area contributed by atoms with Crippen molar-refractivity contribution in [3.05, 3.63) is 34.1 Å². The van der Waals surface area contributed by atoms with Crippen LogP contribution in [0.5, 0.6) is 0 Å². The van der Waals surface area contributed by atoms with Gasteiger partial charge in [0, 0.05) is 0 Å². The number of hydrogen-bond donors (Lipinski definition) is 2. The molecule has 0 bridgehead atoms. The zero-order valence-electron chi connectivity index (χ0n) is 8.48. The molecule has 0 aliphatic carbocycles. The van der Waals surface area contributed by atoms with E-state index in [1.165, 1.54) is 0 Å². The Balaban J connectivity index is 3.97. The van der Waals surface area contributed by atoms with E-state index in [2.05, 4.69) is 0 Å². The first-order valence-electron chi connectivity index (χ1n) is 4.24. The van der Waals surface area contributed by atoms with Gasteiger partial charge in [-0.1, -0.05) is 0 Å². The number of carbonyl (C=O) groups is 2. The van der Waals surface area contributed by atoms with E-state index in [-0.39, 0.29) is 0 Å². The highest BCUT2D eigenvalue weighted by Gasteiger charge is 2.44. The summed E-state index contributed by atoms with van der Waals surface area (Å²) in [5.41, 5.74) is -7.10. The minimum absolute atomic E-state index is 2.11. The lowest BCUT2D eigenvalue weighted by Gasteiger charge is -2.14. The first kappa shape index (κ1) is 14.8. The summed E-state index contributed by atoms with van der Waals surface area (Å²) in [5, 5.41) is 16.8. The quantitative estimate of drug-likeness (QED) is 0.647. The van der Waals surface area contributed by atoms with Gasteiger partial charge in [0.05, 0.1) is 0 Å². The maximum atomic E-state index is 13.3. The maximum absolute atomic E-state index is 13.3. The molecule has 4 nitrogen and oxygen atoms in total. The molecule has 19 heavy (non-hydrogen) atoms. The number of carboxylic acid groups (broad SMARTS) is 2. The molecule has 0 aliphatic heterocycles. The number of halogens is 6. The van der Waals surface area contributed by atoms with Gasteiger partial charge < -0.3 is 10.2 Å². The number of aromatic carboxylic acids is 2. The molecule has 2 N–H and O–H groups in total. The second kappa shape index (κ2) is 4.44. The molecule has 0 unspecified atom stereocenters. The summed E-state index contributed by atoms with van der Waals surface area (Å²) in [6.07, 6.45) is -5.71. The van der Waals surface area contributed by atoms with Crippen molar-refractivity contribution in [2.24, 2.45) is 0 Å². The molecular formula is C9H2F6O4. The Morgan fingerprint density at radius 3 is 1.53 bits per heavy atom. The molecule has 1 aromatic carbocycles. The van der Waals surface area contributed by atoms with Gasteiger partial charge >= 0.3 is 18.1 Å². The molecule has 1 aromatic rings. The van der Waals surface area contributed by atoms with E-state index in [4.69, 9.17) is 10.2 Å². The van der Waals surface area contributed by atoms with Crippen LogP contribution in [0.2, 0.25) is 0 Å². The minimum Gasteiger partial charge on any atom is -0.478 e. The standard InChI is InChI=1S/C9H2F6O4/c10-4-1(7(16)17)3(9(13,14)15)6(12)5(11)2(4)8(18)19/h(H,16,17)(H,18,19). The van der Waals surface area contributed by atoms with Crippen LogP contribution < -0.4 is 0 Å². The SMILES string of the molecule is O=C(O)c1c(F)c(F)c(C(F)(F)F)c(C(=O)O)c1F. The molecule has 0 aliphatic rings. The lowest BCUT2D eigenvalue weighted by molar-refractivity contribution is -0.141. The number of benzene rings is 1. The third-order valence-corrected chi connectivity index (χ3v) is 2.03. The number of carboxylic acids is 2.